The zero-order chi connectivity index (χ0) is 11.1. The van der Waals surface area contributed by atoms with Crippen molar-refractivity contribution in [2.45, 2.75) is 45.3 Å². The maximum Gasteiger partial charge on any atom is 0.135 e. The minimum absolute atomic E-state index is 0.181. The van der Waals surface area contributed by atoms with Crippen molar-refractivity contribution < 1.29 is 9.15 Å². The standard InChI is InChI=1S/C13H18O2/c1-9(2)11-7-8-13(4,15-11)12-6-5-10(3)14-12/h5-6,11H,1,7-8H2,2-4H3/t11-,13+/m1/s1. The smallest absolute Gasteiger partial charge is 0.135 e. The molecule has 2 heteroatoms. The fourth-order valence-electron chi connectivity index (χ4n) is 2.09. The van der Waals surface area contributed by atoms with Crippen molar-refractivity contribution in [3.05, 3.63) is 35.8 Å². The van der Waals surface area contributed by atoms with Crippen molar-refractivity contribution >= 4 is 0 Å². The summed E-state index contributed by atoms with van der Waals surface area (Å²) in [5, 5.41) is 0. The van der Waals surface area contributed by atoms with Gasteiger partial charge in [-0.1, -0.05) is 12.2 Å². The molecule has 0 bridgehead atoms. The molecule has 1 fully saturated rings. The summed E-state index contributed by atoms with van der Waals surface area (Å²) in [7, 11) is 0. The molecule has 0 saturated carbocycles. The second kappa shape index (κ2) is 3.53. The summed E-state index contributed by atoms with van der Waals surface area (Å²) < 4.78 is 11.7. The highest BCUT2D eigenvalue weighted by Gasteiger charge is 2.40. The van der Waals surface area contributed by atoms with Crippen molar-refractivity contribution in [1.29, 1.82) is 0 Å². The molecule has 1 aliphatic rings. The van der Waals surface area contributed by atoms with Gasteiger partial charge in [0.15, 0.2) is 0 Å². The van der Waals surface area contributed by atoms with Gasteiger partial charge in [0.25, 0.3) is 0 Å². The Balaban J connectivity index is 2.19. The zero-order valence-corrected chi connectivity index (χ0v) is 9.67. The Hall–Kier alpha value is -1.02. The molecule has 82 valence electrons. The van der Waals surface area contributed by atoms with Gasteiger partial charge in [0.2, 0.25) is 0 Å². The largest absolute Gasteiger partial charge is 0.463 e. The summed E-state index contributed by atoms with van der Waals surface area (Å²) in [6.45, 7) is 10.0. The van der Waals surface area contributed by atoms with Crippen molar-refractivity contribution in [3.8, 4) is 0 Å². The van der Waals surface area contributed by atoms with E-state index in [1.165, 1.54) is 0 Å². The first kappa shape index (κ1) is 10.5. The third-order valence-corrected chi connectivity index (χ3v) is 3.10. The van der Waals surface area contributed by atoms with E-state index >= 15 is 0 Å². The van der Waals surface area contributed by atoms with Gasteiger partial charge >= 0.3 is 0 Å². The van der Waals surface area contributed by atoms with E-state index in [-0.39, 0.29) is 11.7 Å². The molecule has 2 rings (SSSR count). The zero-order valence-electron chi connectivity index (χ0n) is 9.67. The molecule has 2 heterocycles. The van der Waals surface area contributed by atoms with Gasteiger partial charge in [0.1, 0.15) is 17.1 Å². The van der Waals surface area contributed by atoms with Crippen LogP contribution in [0.5, 0.6) is 0 Å². The van der Waals surface area contributed by atoms with Crippen LogP contribution in [0.2, 0.25) is 0 Å². The van der Waals surface area contributed by atoms with Crippen LogP contribution >= 0.6 is 0 Å². The van der Waals surface area contributed by atoms with E-state index in [1.807, 2.05) is 26.0 Å². The van der Waals surface area contributed by atoms with E-state index in [0.29, 0.717) is 0 Å². The Kier molecular flexibility index (Phi) is 2.47. The molecule has 0 N–H and O–H groups in total. The summed E-state index contributed by atoms with van der Waals surface area (Å²) in [6, 6.07) is 3.99. The van der Waals surface area contributed by atoms with E-state index in [0.717, 1.165) is 29.9 Å². The fraction of sp³-hybridized carbons (Fsp3) is 0.538. The summed E-state index contributed by atoms with van der Waals surface area (Å²) in [5.41, 5.74) is 0.833. The van der Waals surface area contributed by atoms with E-state index in [2.05, 4.69) is 13.5 Å². The first-order chi connectivity index (χ1) is 7.01. The first-order valence-electron chi connectivity index (χ1n) is 5.41. The first-order valence-corrected chi connectivity index (χ1v) is 5.41. The lowest BCUT2D eigenvalue weighted by molar-refractivity contribution is -0.0324. The molecule has 0 aliphatic carbocycles. The summed E-state index contributed by atoms with van der Waals surface area (Å²) in [5.74, 6) is 1.87. The minimum Gasteiger partial charge on any atom is -0.463 e. The normalized spacial score (nSPS) is 30.7. The molecular weight excluding hydrogens is 188 g/mol. The Morgan fingerprint density at radius 2 is 2.27 bits per heavy atom. The molecule has 0 radical (unpaired) electrons. The molecule has 15 heavy (non-hydrogen) atoms. The van der Waals surface area contributed by atoms with Gasteiger partial charge in [-0.25, -0.2) is 0 Å². The minimum atomic E-state index is -0.266. The third kappa shape index (κ3) is 1.86. The van der Waals surface area contributed by atoms with Crippen LogP contribution in [0.4, 0.5) is 0 Å². The Labute approximate surface area is 90.9 Å². The maximum atomic E-state index is 6.02. The average molecular weight is 206 g/mol. The molecule has 1 aromatic rings. The van der Waals surface area contributed by atoms with Crippen LogP contribution in [-0.2, 0) is 10.3 Å². The van der Waals surface area contributed by atoms with Crippen molar-refractivity contribution in [2.24, 2.45) is 0 Å². The monoisotopic (exact) mass is 206 g/mol. The fourth-order valence-corrected chi connectivity index (χ4v) is 2.09. The van der Waals surface area contributed by atoms with Crippen LogP contribution in [0.25, 0.3) is 0 Å². The second-order valence-corrected chi connectivity index (χ2v) is 4.63. The molecule has 0 spiro atoms. The number of rotatable bonds is 2. The molecular formula is C13H18O2. The van der Waals surface area contributed by atoms with Gasteiger partial charge in [-0.2, -0.15) is 0 Å². The van der Waals surface area contributed by atoms with Crippen molar-refractivity contribution in [3.63, 3.8) is 0 Å². The Bertz CT molecular complexity index is 378. The highest BCUT2D eigenvalue weighted by atomic mass is 16.5. The van der Waals surface area contributed by atoms with E-state index in [1.54, 1.807) is 0 Å². The second-order valence-electron chi connectivity index (χ2n) is 4.63. The quantitative estimate of drug-likeness (QED) is 0.690. The molecule has 1 aromatic heterocycles. The van der Waals surface area contributed by atoms with Crippen LogP contribution < -0.4 is 0 Å². The van der Waals surface area contributed by atoms with Crippen molar-refractivity contribution in [2.75, 3.05) is 0 Å². The number of hydrogen-bond donors (Lipinski definition) is 0. The maximum absolute atomic E-state index is 6.02. The highest BCUT2D eigenvalue weighted by Crippen LogP contribution is 2.41. The van der Waals surface area contributed by atoms with E-state index in [9.17, 15) is 0 Å². The lowest BCUT2D eigenvalue weighted by atomic mass is 9.99. The van der Waals surface area contributed by atoms with Crippen LogP contribution in [0.1, 0.15) is 38.2 Å². The summed E-state index contributed by atoms with van der Waals surface area (Å²) >= 11 is 0. The SMILES string of the molecule is C=C(C)[C@H]1CC[C@@](C)(c2ccc(C)o2)O1. The van der Waals surface area contributed by atoms with Gasteiger partial charge in [-0.05, 0) is 45.7 Å². The molecule has 0 aromatic carbocycles. The van der Waals surface area contributed by atoms with E-state index in [4.69, 9.17) is 9.15 Å². The summed E-state index contributed by atoms with van der Waals surface area (Å²) in [6.07, 6.45) is 2.21. The van der Waals surface area contributed by atoms with Crippen LogP contribution in [0.15, 0.2) is 28.7 Å². The molecule has 1 saturated heterocycles. The molecule has 0 unspecified atom stereocenters. The van der Waals surface area contributed by atoms with Crippen LogP contribution in [-0.4, -0.2) is 6.10 Å². The molecule has 1 aliphatic heterocycles. The number of furan rings is 1. The molecule has 2 atom stereocenters. The van der Waals surface area contributed by atoms with Gasteiger partial charge in [0, 0.05) is 0 Å². The van der Waals surface area contributed by atoms with E-state index < -0.39 is 0 Å². The predicted molar refractivity (Wildman–Crippen MR) is 59.7 cm³/mol. The lowest BCUT2D eigenvalue weighted by Crippen LogP contribution is -2.21. The number of aryl methyl sites for hydroxylation is 1. The Morgan fingerprint density at radius 1 is 1.53 bits per heavy atom. The van der Waals surface area contributed by atoms with Crippen LogP contribution in [0.3, 0.4) is 0 Å². The number of hydrogen-bond acceptors (Lipinski definition) is 2. The average Bonchev–Trinajstić information content (AvgIpc) is 2.73. The highest BCUT2D eigenvalue weighted by molar-refractivity contribution is 5.16. The van der Waals surface area contributed by atoms with Crippen LogP contribution in [0, 0.1) is 6.92 Å². The lowest BCUT2D eigenvalue weighted by Gasteiger charge is -2.22. The number of ether oxygens (including phenoxy) is 1. The van der Waals surface area contributed by atoms with Gasteiger partial charge in [-0.15, -0.1) is 0 Å². The predicted octanol–water partition coefficient (Wildman–Crippen LogP) is 3.56. The topological polar surface area (TPSA) is 22.4 Å². The van der Waals surface area contributed by atoms with Gasteiger partial charge in [-0.3, -0.25) is 0 Å². The van der Waals surface area contributed by atoms with Gasteiger partial charge in [0.05, 0.1) is 6.10 Å². The molecule has 0 amide bonds. The summed E-state index contributed by atoms with van der Waals surface area (Å²) in [4.78, 5) is 0. The third-order valence-electron chi connectivity index (χ3n) is 3.10. The van der Waals surface area contributed by atoms with Crippen molar-refractivity contribution in [1.82, 2.24) is 0 Å². The Morgan fingerprint density at radius 3 is 2.73 bits per heavy atom. The van der Waals surface area contributed by atoms with Gasteiger partial charge < -0.3 is 9.15 Å². The molecule has 2 nitrogen and oxygen atoms in total.